The minimum absolute atomic E-state index is 0. The predicted octanol–water partition coefficient (Wildman–Crippen LogP) is 3.17. The molecule has 0 bridgehead atoms. The van der Waals surface area contributed by atoms with Crippen LogP contribution in [0, 0.1) is 0 Å². The molecular formula is C12H17ClF3NO2. The third-order valence-electron chi connectivity index (χ3n) is 2.48. The highest BCUT2D eigenvalue weighted by molar-refractivity contribution is 5.85. The van der Waals surface area contributed by atoms with Crippen LogP contribution in [0.3, 0.4) is 0 Å². The first kappa shape index (κ1) is 18.0. The van der Waals surface area contributed by atoms with Gasteiger partial charge in [-0.25, -0.2) is 0 Å². The summed E-state index contributed by atoms with van der Waals surface area (Å²) in [5.74, 6) is -0.334. The Labute approximate surface area is 116 Å². The van der Waals surface area contributed by atoms with Crippen LogP contribution < -0.4 is 10.5 Å². The van der Waals surface area contributed by atoms with Gasteiger partial charge in [0.25, 0.3) is 0 Å². The second-order valence-corrected chi connectivity index (χ2v) is 4.00. The van der Waals surface area contributed by atoms with E-state index in [9.17, 15) is 18.3 Å². The summed E-state index contributed by atoms with van der Waals surface area (Å²) in [6.07, 6.45) is -4.28. The maximum absolute atomic E-state index is 12.1. The van der Waals surface area contributed by atoms with Crippen molar-refractivity contribution in [1.82, 2.24) is 0 Å². The van der Waals surface area contributed by atoms with E-state index in [1.165, 1.54) is 18.2 Å². The van der Waals surface area contributed by atoms with Crippen molar-refractivity contribution in [3.63, 3.8) is 0 Å². The summed E-state index contributed by atoms with van der Waals surface area (Å²) in [5.41, 5.74) is 6.18. The molecule has 3 N–H and O–H groups in total. The van der Waals surface area contributed by atoms with Crippen LogP contribution in [0.5, 0.6) is 5.75 Å². The highest BCUT2D eigenvalue weighted by Gasteiger charge is 2.31. The molecule has 1 rings (SSSR count). The Morgan fingerprint density at radius 1 is 1.37 bits per heavy atom. The average Bonchev–Trinajstić information content (AvgIpc) is 2.26. The normalized spacial score (nSPS) is 14.4. The van der Waals surface area contributed by atoms with Crippen molar-refractivity contribution >= 4 is 12.4 Å². The van der Waals surface area contributed by atoms with Crippen LogP contribution in [0.4, 0.5) is 13.2 Å². The molecule has 0 heterocycles. The van der Waals surface area contributed by atoms with Gasteiger partial charge in [0.05, 0.1) is 12.1 Å². The molecule has 2 atom stereocenters. The number of hydrogen-bond donors (Lipinski definition) is 2. The second kappa shape index (κ2) is 7.57. The number of alkyl halides is 3. The molecular weight excluding hydrogens is 283 g/mol. The molecule has 3 nitrogen and oxygen atoms in total. The van der Waals surface area contributed by atoms with Crippen LogP contribution in [0.2, 0.25) is 0 Å². The van der Waals surface area contributed by atoms with E-state index in [1.807, 2.05) is 6.92 Å². The zero-order valence-corrected chi connectivity index (χ0v) is 11.2. The van der Waals surface area contributed by atoms with Gasteiger partial charge in [-0.2, -0.15) is 0 Å². The third kappa shape index (κ3) is 6.13. The second-order valence-electron chi connectivity index (χ2n) is 4.00. The number of halogens is 4. The maximum atomic E-state index is 12.1. The summed E-state index contributed by atoms with van der Waals surface area (Å²) in [6.45, 7) is 1.89. The highest BCUT2D eigenvalue weighted by Crippen LogP contribution is 2.26. The number of rotatable bonds is 5. The van der Waals surface area contributed by atoms with Crippen molar-refractivity contribution in [1.29, 1.82) is 0 Å². The standard InChI is InChI=1S/C12H16F3NO2.ClH/c1-2-4-10(17)11(16)8-5-3-6-9(7-8)18-12(13,14)15;/h3,5-7,10-11,17H,2,4,16H2,1H3;1H/t10-,11+;/m1./s1. The van der Waals surface area contributed by atoms with Crippen molar-refractivity contribution in [2.24, 2.45) is 5.73 Å². The van der Waals surface area contributed by atoms with E-state index in [0.29, 0.717) is 12.0 Å². The number of aliphatic hydroxyl groups excluding tert-OH is 1. The molecule has 0 fully saturated rings. The lowest BCUT2D eigenvalue weighted by atomic mass is 9.99. The predicted molar refractivity (Wildman–Crippen MR) is 68.2 cm³/mol. The molecule has 0 aliphatic carbocycles. The fraction of sp³-hybridized carbons (Fsp3) is 0.500. The topological polar surface area (TPSA) is 55.5 Å². The van der Waals surface area contributed by atoms with Crippen LogP contribution in [0.1, 0.15) is 31.4 Å². The lowest BCUT2D eigenvalue weighted by molar-refractivity contribution is -0.274. The van der Waals surface area contributed by atoms with E-state index >= 15 is 0 Å². The van der Waals surface area contributed by atoms with Gasteiger partial charge in [-0.3, -0.25) is 0 Å². The molecule has 0 amide bonds. The summed E-state index contributed by atoms with van der Waals surface area (Å²) in [5, 5.41) is 9.71. The summed E-state index contributed by atoms with van der Waals surface area (Å²) >= 11 is 0. The van der Waals surface area contributed by atoms with Crippen molar-refractivity contribution in [2.45, 2.75) is 38.3 Å². The summed E-state index contributed by atoms with van der Waals surface area (Å²) in [4.78, 5) is 0. The molecule has 0 aliphatic rings. The number of ether oxygens (including phenoxy) is 1. The SMILES string of the molecule is CCC[C@@H](O)[C@@H](N)c1cccc(OC(F)(F)F)c1.Cl. The third-order valence-corrected chi connectivity index (χ3v) is 2.48. The van der Waals surface area contributed by atoms with Gasteiger partial charge >= 0.3 is 6.36 Å². The van der Waals surface area contributed by atoms with Gasteiger partial charge in [0.15, 0.2) is 0 Å². The summed E-state index contributed by atoms with van der Waals surface area (Å²) in [7, 11) is 0. The lowest BCUT2D eigenvalue weighted by Crippen LogP contribution is -2.26. The zero-order chi connectivity index (χ0) is 13.8. The number of nitrogens with two attached hydrogens (primary N) is 1. The van der Waals surface area contributed by atoms with E-state index in [2.05, 4.69) is 4.74 Å². The molecule has 0 saturated heterocycles. The molecule has 1 aromatic carbocycles. The van der Waals surface area contributed by atoms with Gasteiger partial charge in [0.2, 0.25) is 0 Å². The first-order chi connectivity index (χ1) is 8.33. The van der Waals surface area contributed by atoms with Gasteiger partial charge < -0.3 is 15.6 Å². The number of benzene rings is 1. The molecule has 110 valence electrons. The first-order valence-corrected chi connectivity index (χ1v) is 5.63. The van der Waals surface area contributed by atoms with Crippen molar-refractivity contribution < 1.29 is 23.0 Å². The molecule has 0 spiro atoms. The van der Waals surface area contributed by atoms with Gasteiger partial charge in [0.1, 0.15) is 5.75 Å². The van der Waals surface area contributed by atoms with Crippen LogP contribution in [-0.2, 0) is 0 Å². The Kier molecular flexibility index (Phi) is 7.18. The first-order valence-electron chi connectivity index (χ1n) is 5.63. The van der Waals surface area contributed by atoms with E-state index < -0.39 is 18.5 Å². The van der Waals surface area contributed by atoms with Crippen LogP contribution in [-0.4, -0.2) is 17.6 Å². The lowest BCUT2D eigenvalue weighted by Gasteiger charge is -2.19. The maximum Gasteiger partial charge on any atom is 0.573 e. The minimum atomic E-state index is -4.73. The number of hydrogen-bond acceptors (Lipinski definition) is 3. The average molecular weight is 300 g/mol. The van der Waals surface area contributed by atoms with Crippen LogP contribution in [0.25, 0.3) is 0 Å². The van der Waals surface area contributed by atoms with E-state index in [-0.39, 0.29) is 18.2 Å². The van der Waals surface area contributed by atoms with E-state index in [0.717, 1.165) is 6.42 Å². The highest BCUT2D eigenvalue weighted by atomic mass is 35.5. The minimum Gasteiger partial charge on any atom is -0.406 e. The fourth-order valence-electron chi connectivity index (χ4n) is 1.62. The Bertz CT molecular complexity index is 387. The van der Waals surface area contributed by atoms with Gasteiger partial charge in [-0.15, -0.1) is 25.6 Å². The Morgan fingerprint density at radius 2 is 2.00 bits per heavy atom. The van der Waals surface area contributed by atoms with Crippen molar-refractivity contribution in [3.8, 4) is 5.75 Å². The fourth-order valence-corrected chi connectivity index (χ4v) is 1.62. The molecule has 0 aromatic heterocycles. The van der Waals surface area contributed by atoms with Crippen LogP contribution >= 0.6 is 12.4 Å². The van der Waals surface area contributed by atoms with Crippen molar-refractivity contribution in [2.75, 3.05) is 0 Å². The van der Waals surface area contributed by atoms with Gasteiger partial charge in [-0.1, -0.05) is 25.5 Å². The largest absolute Gasteiger partial charge is 0.573 e. The molecule has 0 saturated carbocycles. The van der Waals surface area contributed by atoms with E-state index in [4.69, 9.17) is 5.73 Å². The molecule has 7 heteroatoms. The van der Waals surface area contributed by atoms with Gasteiger partial charge in [-0.05, 0) is 24.1 Å². The Balaban J connectivity index is 0.00000324. The monoisotopic (exact) mass is 299 g/mol. The Hall–Kier alpha value is -0.980. The Morgan fingerprint density at radius 3 is 2.53 bits per heavy atom. The molecule has 0 unspecified atom stereocenters. The molecule has 0 radical (unpaired) electrons. The number of aliphatic hydroxyl groups is 1. The quantitative estimate of drug-likeness (QED) is 0.878. The van der Waals surface area contributed by atoms with Crippen molar-refractivity contribution in [3.05, 3.63) is 29.8 Å². The van der Waals surface area contributed by atoms with Gasteiger partial charge in [0, 0.05) is 0 Å². The van der Waals surface area contributed by atoms with E-state index in [1.54, 1.807) is 6.07 Å². The summed E-state index contributed by atoms with van der Waals surface area (Å²) < 4.78 is 39.9. The molecule has 19 heavy (non-hydrogen) atoms. The van der Waals surface area contributed by atoms with Crippen LogP contribution in [0.15, 0.2) is 24.3 Å². The smallest absolute Gasteiger partial charge is 0.406 e. The molecule has 0 aliphatic heterocycles. The molecule has 1 aromatic rings. The zero-order valence-electron chi connectivity index (χ0n) is 10.4. The summed E-state index contributed by atoms with van der Waals surface area (Å²) in [6, 6.07) is 4.64.